The SMILES string of the molecule is CN(CCCN)c1ncnc2ccc([N+](=O)[O-])cc12. The van der Waals surface area contributed by atoms with Crippen LogP contribution in [-0.4, -0.2) is 35.0 Å². The summed E-state index contributed by atoms with van der Waals surface area (Å²) < 4.78 is 0. The second-order valence-corrected chi connectivity index (χ2v) is 4.22. The van der Waals surface area contributed by atoms with E-state index in [2.05, 4.69) is 9.97 Å². The second-order valence-electron chi connectivity index (χ2n) is 4.22. The van der Waals surface area contributed by atoms with Crippen molar-refractivity contribution in [2.24, 2.45) is 5.73 Å². The highest BCUT2D eigenvalue weighted by Crippen LogP contribution is 2.26. The lowest BCUT2D eigenvalue weighted by Gasteiger charge is -2.18. The molecule has 0 aliphatic carbocycles. The number of nitrogens with two attached hydrogens (primary N) is 1. The van der Waals surface area contributed by atoms with Gasteiger partial charge in [-0.05, 0) is 19.0 Å². The molecule has 0 radical (unpaired) electrons. The molecule has 0 fully saturated rings. The maximum Gasteiger partial charge on any atom is 0.270 e. The normalized spacial score (nSPS) is 10.6. The lowest BCUT2D eigenvalue weighted by Crippen LogP contribution is -2.22. The van der Waals surface area contributed by atoms with Crippen molar-refractivity contribution in [3.8, 4) is 0 Å². The zero-order valence-electron chi connectivity index (χ0n) is 10.6. The lowest BCUT2D eigenvalue weighted by molar-refractivity contribution is -0.384. The van der Waals surface area contributed by atoms with E-state index in [4.69, 9.17) is 5.73 Å². The summed E-state index contributed by atoms with van der Waals surface area (Å²) in [4.78, 5) is 20.7. The molecule has 19 heavy (non-hydrogen) atoms. The van der Waals surface area contributed by atoms with Crippen LogP contribution in [0, 0.1) is 10.1 Å². The van der Waals surface area contributed by atoms with E-state index < -0.39 is 4.92 Å². The van der Waals surface area contributed by atoms with Gasteiger partial charge < -0.3 is 10.6 Å². The van der Waals surface area contributed by atoms with Crippen molar-refractivity contribution in [3.63, 3.8) is 0 Å². The number of aromatic nitrogens is 2. The number of hydrogen-bond donors (Lipinski definition) is 1. The van der Waals surface area contributed by atoms with E-state index in [1.54, 1.807) is 6.07 Å². The van der Waals surface area contributed by atoms with Gasteiger partial charge in [0.05, 0.1) is 10.4 Å². The summed E-state index contributed by atoms with van der Waals surface area (Å²) in [6, 6.07) is 4.58. The molecule has 1 aromatic heterocycles. The van der Waals surface area contributed by atoms with Gasteiger partial charge in [-0.1, -0.05) is 0 Å². The number of nitro groups is 1. The van der Waals surface area contributed by atoms with E-state index in [0.29, 0.717) is 23.3 Å². The lowest BCUT2D eigenvalue weighted by atomic mass is 10.2. The summed E-state index contributed by atoms with van der Waals surface area (Å²) >= 11 is 0. The van der Waals surface area contributed by atoms with Gasteiger partial charge in [-0.25, -0.2) is 9.97 Å². The first-order chi connectivity index (χ1) is 9.13. The average molecular weight is 261 g/mol. The number of anilines is 1. The highest BCUT2D eigenvalue weighted by Gasteiger charge is 2.12. The minimum Gasteiger partial charge on any atom is -0.359 e. The summed E-state index contributed by atoms with van der Waals surface area (Å²) in [6.07, 6.45) is 2.29. The first-order valence-electron chi connectivity index (χ1n) is 5.94. The van der Waals surface area contributed by atoms with E-state index in [0.717, 1.165) is 13.0 Å². The third-order valence-electron chi connectivity index (χ3n) is 2.87. The molecule has 1 aromatic carbocycles. The van der Waals surface area contributed by atoms with E-state index in [9.17, 15) is 10.1 Å². The molecule has 1 heterocycles. The van der Waals surface area contributed by atoms with Gasteiger partial charge >= 0.3 is 0 Å². The van der Waals surface area contributed by atoms with Crippen LogP contribution in [0.15, 0.2) is 24.5 Å². The Morgan fingerprint density at radius 3 is 2.89 bits per heavy atom. The molecule has 7 heteroatoms. The van der Waals surface area contributed by atoms with Crippen molar-refractivity contribution in [1.82, 2.24) is 9.97 Å². The molecule has 0 atom stereocenters. The Balaban J connectivity index is 2.47. The first kappa shape index (κ1) is 13.2. The third kappa shape index (κ3) is 2.76. The minimum atomic E-state index is -0.421. The van der Waals surface area contributed by atoms with E-state index in [1.807, 2.05) is 11.9 Å². The molecule has 0 saturated heterocycles. The molecular formula is C12H15N5O2. The molecule has 2 N–H and O–H groups in total. The molecule has 2 rings (SSSR count). The molecule has 7 nitrogen and oxygen atoms in total. The largest absolute Gasteiger partial charge is 0.359 e. The van der Waals surface area contributed by atoms with Gasteiger partial charge in [-0.2, -0.15) is 0 Å². The van der Waals surface area contributed by atoms with Gasteiger partial charge in [0, 0.05) is 31.1 Å². The van der Waals surface area contributed by atoms with E-state index in [-0.39, 0.29) is 5.69 Å². The Labute approximate surface area is 110 Å². The molecule has 0 bridgehead atoms. The summed E-state index contributed by atoms with van der Waals surface area (Å²) in [5.41, 5.74) is 6.21. The number of benzene rings is 1. The van der Waals surface area contributed by atoms with Crippen LogP contribution in [0.3, 0.4) is 0 Å². The number of nitro benzene ring substituents is 1. The molecule has 0 unspecified atom stereocenters. The number of rotatable bonds is 5. The predicted octanol–water partition coefficient (Wildman–Crippen LogP) is 1.32. The Morgan fingerprint density at radius 2 is 2.21 bits per heavy atom. The number of hydrogen-bond acceptors (Lipinski definition) is 6. The van der Waals surface area contributed by atoms with Gasteiger partial charge in [0.25, 0.3) is 5.69 Å². The Kier molecular flexibility index (Phi) is 3.86. The summed E-state index contributed by atoms with van der Waals surface area (Å²) in [7, 11) is 1.89. The molecule has 0 aliphatic rings. The van der Waals surface area contributed by atoms with Crippen LogP contribution in [-0.2, 0) is 0 Å². The quantitative estimate of drug-likeness (QED) is 0.644. The fraction of sp³-hybridized carbons (Fsp3) is 0.333. The number of non-ortho nitro benzene ring substituents is 1. The molecular weight excluding hydrogens is 246 g/mol. The maximum absolute atomic E-state index is 10.8. The number of fused-ring (bicyclic) bond motifs is 1. The van der Waals surface area contributed by atoms with Crippen LogP contribution in [0.5, 0.6) is 0 Å². The fourth-order valence-electron chi connectivity index (χ4n) is 1.88. The molecule has 0 spiro atoms. The second kappa shape index (κ2) is 5.57. The van der Waals surface area contributed by atoms with Crippen LogP contribution in [0.4, 0.5) is 11.5 Å². The van der Waals surface area contributed by atoms with Gasteiger partial charge in [0.2, 0.25) is 0 Å². The van der Waals surface area contributed by atoms with Gasteiger partial charge in [0.1, 0.15) is 12.1 Å². The van der Waals surface area contributed by atoms with E-state index in [1.165, 1.54) is 18.5 Å². The fourth-order valence-corrected chi connectivity index (χ4v) is 1.88. The van der Waals surface area contributed by atoms with Gasteiger partial charge in [-0.15, -0.1) is 0 Å². The molecule has 100 valence electrons. The maximum atomic E-state index is 10.8. The van der Waals surface area contributed by atoms with Crippen molar-refractivity contribution in [1.29, 1.82) is 0 Å². The zero-order chi connectivity index (χ0) is 13.8. The number of nitrogens with zero attached hydrogens (tertiary/aromatic N) is 4. The van der Waals surface area contributed by atoms with Crippen molar-refractivity contribution in [3.05, 3.63) is 34.6 Å². The predicted molar refractivity (Wildman–Crippen MR) is 73.1 cm³/mol. The van der Waals surface area contributed by atoms with Crippen molar-refractivity contribution in [2.45, 2.75) is 6.42 Å². The molecule has 2 aromatic rings. The molecule has 0 amide bonds. The third-order valence-corrected chi connectivity index (χ3v) is 2.87. The highest BCUT2D eigenvalue weighted by molar-refractivity contribution is 5.90. The summed E-state index contributed by atoms with van der Waals surface area (Å²) in [5, 5.41) is 11.5. The smallest absolute Gasteiger partial charge is 0.270 e. The monoisotopic (exact) mass is 261 g/mol. The minimum absolute atomic E-state index is 0.0378. The van der Waals surface area contributed by atoms with Crippen molar-refractivity contribution < 1.29 is 4.92 Å². The van der Waals surface area contributed by atoms with Crippen molar-refractivity contribution >= 4 is 22.4 Å². The van der Waals surface area contributed by atoms with Gasteiger partial charge in [-0.3, -0.25) is 10.1 Å². The summed E-state index contributed by atoms with van der Waals surface area (Å²) in [5.74, 6) is 0.683. The van der Waals surface area contributed by atoms with Crippen LogP contribution >= 0.6 is 0 Å². The van der Waals surface area contributed by atoms with Crippen LogP contribution < -0.4 is 10.6 Å². The average Bonchev–Trinajstić information content (AvgIpc) is 2.43. The van der Waals surface area contributed by atoms with E-state index >= 15 is 0 Å². The van der Waals surface area contributed by atoms with Crippen LogP contribution in [0.25, 0.3) is 10.9 Å². The van der Waals surface area contributed by atoms with Gasteiger partial charge in [0.15, 0.2) is 0 Å². The Hall–Kier alpha value is -2.28. The van der Waals surface area contributed by atoms with Crippen LogP contribution in [0.1, 0.15) is 6.42 Å². The standard InChI is InChI=1S/C12H15N5O2/c1-16(6-2-5-13)12-10-7-9(17(18)19)3-4-11(10)14-8-15-12/h3-4,7-8H,2,5-6,13H2,1H3. The molecule has 0 saturated carbocycles. The Bertz CT molecular complexity index is 602. The Morgan fingerprint density at radius 1 is 1.42 bits per heavy atom. The highest BCUT2D eigenvalue weighted by atomic mass is 16.6. The summed E-state index contributed by atoms with van der Waals surface area (Å²) in [6.45, 7) is 1.33. The van der Waals surface area contributed by atoms with Crippen LogP contribution in [0.2, 0.25) is 0 Å². The zero-order valence-corrected chi connectivity index (χ0v) is 10.6. The van der Waals surface area contributed by atoms with Crippen molar-refractivity contribution in [2.75, 3.05) is 25.0 Å². The molecule has 0 aliphatic heterocycles. The first-order valence-corrected chi connectivity index (χ1v) is 5.94. The topological polar surface area (TPSA) is 98.2 Å².